The predicted octanol–water partition coefficient (Wildman–Crippen LogP) is 4.17. The zero-order valence-electron chi connectivity index (χ0n) is 11.1. The van der Waals surface area contributed by atoms with Crippen LogP contribution in [0.25, 0.3) is 6.08 Å². The third-order valence-corrected chi connectivity index (χ3v) is 4.25. The monoisotopic (exact) mass is 365 g/mol. The van der Waals surface area contributed by atoms with Gasteiger partial charge in [0.1, 0.15) is 0 Å². The van der Waals surface area contributed by atoms with Crippen LogP contribution in [0.4, 0.5) is 5.69 Å². The van der Waals surface area contributed by atoms with Crippen LogP contribution in [0.2, 0.25) is 0 Å². The minimum Gasteiger partial charge on any atom is -0.478 e. The maximum atomic E-state index is 11.9. The van der Waals surface area contributed by atoms with Crippen LogP contribution < -0.4 is 5.32 Å². The van der Waals surface area contributed by atoms with Gasteiger partial charge in [0.05, 0.1) is 15.0 Å². The van der Waals surface area contributed by atoms with Crippen molar-refractivity contribution >= 4 is 50.9 Å². The van der Waals surface area contributed by atoms with E-state index in [4.69, 9.17) is 5.11 Å². The van der Waals surface area contributed by atoms with Crippen LogP contribution in [0.3, 0.4) is 0 Å². The summed E-state index contributed by atoms with van der Waals surface area (Å²) in [6.45, 7) is 1.80. The molecule has 1 aromatic carbocycles. The highest BCUT2D eigenvalue weighted by molar-refractivity contribution is 9.11. The number of amides is 1. The van der Waals surface area contributed by atoms with E-state index in [9.17, 15) is 9.59 Å². The fourth-order valence-corrected chi connectivity index (χ4v) is 3.02. The van der Waals surface area contributed by atoms with Crippen molar-refractivity contribution in [2.45, 2.75) is 6.92 Å². The van der Waals surface area contributed by atoms with Gasteiger partial charge in [0.15, 0.2) is 0 Å². The van der Waals surface area contributed by atoms with Gasteiger partial charge in [0, 0.05) is 11.0 Å². The van der Waals surface area contributed by atoms with Gasteiger partial charge in [-0.3, -0.25) is 4.79 Å². The first-order valence-corrected chi connectivity index (χ1v) is 7.65. The number of hydrogen-bond donors (Lipinski definition) is 2. The molecule has 0 aliphatic heterocycles. The Labute approximate surface area is 134 Å². The largest absolute Gasteiger partial charge is 0.478 e. The lowest BCUT2D eigenvalue weighted by atomic mass is 10.1. The Morgan fingerprint density at radius 1 is 1.29 bits per heavy atom. The Hall–Kier alpha value is -1.92. The lowest BCUT2D eigenvalue weighted by molar-refractivity contribution is -0.111. The molecular weight excluding hydrogens is 354 g/mol. The summed E-state index contributed by atoms with van der Waals surface area (Å²) >= 11 is 4.85. The summed E-state index contributed by atoms with van der Waals surface area (Å²) < 4.78 is 0.981. The van der Waals surface area contributed by atoms with E-state index in [2.05, 4.69) is 21.2 Å². The molecule has 4 nitrogen and oxygen atoms in total. The number of carbonyl (C=O) groups excluding carboxylic acids is 1. The number of carboxylic acids is 1. The van der Waals surface area contributed by atoms with Crippen molar-refractivity contribution in [1.29, 1.82) is 0 Å². The van der Waals surface area contributed by atoms with E-state index in [0.717, 1.165) is 14.2 Å². The van der Waals surface area contributed by atoms with E-state index in [0.29, 0.717) is 0 Å². The molecular formula is C15H12BrNO3S. The Bertz CT molecular complexity index is 721. The summed E-state index contributed by atoms with van der Waals surface area (Å²) in [5.74, 6) is -1.44. The van der Waals surface area contributed by atoms with Gasteiger partial charge in [-0.2, -0.15) is 0 Å². The quantitative estimate of drug-likeness (QED) is 0.799. The van der Waals surface area contributed by atoms with Crippen LogP contribution in [0.1, 0.15) is 20.8 Å². The molecule has 0 fully saturated rings. The van der Waals surface area contributed by atoms with E-state index in [1.807, 2.05) is 12.1 Å². The predicted molar refractivity (Wildman–Crippen MR) is 87.8 cm³/mol. The molecule has 0 aliphatic rings. The van der Waals surface area contributed by atoms with Gasteiger partial charge in [0.2, 0.25) is 5.91 Å². The Balaban J connectivity index is 2.13. The fraction of sp³-hybridized carbons (Fsp3) is 0.0667. The molecule has 0 unspecified atom stereocenters. The normalized spacial score (nSPS) is 10.8. The van der Waals surface area contributed by atoms with Crippen LogP contribution in [-0.2, 0) is 4.79 Å². The average molecular weight is 366 g/mol. The van der Waals surface area contributed by atoms with E-state index in [-0.39, 0.29) is 17.2 Å². The smallest absolute Gasteiger partial charge is 0.337 e. The zero-order chi connectivity index (χ0) is 15.4. The van der Waals surface area contributed by atoms with Gasteiger partial charge in [-0.1, -0.05) is 11.6 Å². The molecule has 2 aromatic rings. The number of anilines is 1. The van der Waals surface area contributed by atoms with E-state index >= 15 is 0 Å². The van der Waals surface area contributed by atoms with Crippen LogP contribution in [0.15, 0.2) is 40.2 Å². The van der Waals surface area contributed by atoms with E-state index in [1.165, 1.54) is 23.5 Å². The Morgan fingerprint density at radius 2 is 2.05 bits per heavy atom. The van der Waals surface area contributed by atoms with E-state index < -0.39 is 5.97 Å². The topological polar surface area (TPSA) is 66.4 Å². The first-order valence-electron chi connectivity index (χ1n) is 6.04. The molecule has 1 amide bonds. The second-order valence-electron chi connectivity index (χ2n) is 4.32. The van der Waals surface area contributed by atoms with Crippen molar-refractivity contribution in [1.82, 2.24) is 0 Å². The van der Waals surface area contributed by atoms with Crippen LogP contribution in [0, 0.1) is 6.92 Å². The highest BCUT2D eigenvalue weighted by Crippen LogP contribution is 2.23. The number of hydrogen-bond acceptors (Lipinski definition) is 3. The van der Waals surface area contributed by atoms with Crippen molar-refractivity contribution in [3.63, 3.8) is 0 Å². The number of benzene rings is 1. The molecule has 0 radical (unpaired) electrons. The van der Waals surface area contributed by atoms with Gasteiger partial charge in [-0.05, 0) is 53.2 Å². The summed E-state index contributed by atoms with van der Waals surface area (Å²) in [7, 11) is 0. The van der Waals surface area contributed by atoms with Crippen LogP contribution in [0.5, 0.6) is 0 Å². The van der Waals surface area contributed by atoms with Crippen molar-refractivity contribution in [3.8, 4) is 0 Å². The molecule has 6 heteroatoms. The molecule has 21 heavy (non-hydrogen) atoms. The highest BCUT2D eigenvalue weighted by Gasteiger charge is 2.11. The van der Waals surface area contributed by atoms with Crippen LogP contribution in [-0.4, -0.2) is 17.0 Å². The van der Waals surface area contributed by atoms with Gasteiger partial charge < -0.3 is 10.4 Å². The molecule has 0 spiro atoms. The molecule has 0 atom stereocenters. The van der Waals surface area contributed by atoms with E-state index in [1.54, 1.807) is 25.1 Å². The number of carbonyl (C=O) groups is 2. The number of halogens is 1. The summed E-state index contributed by atoms with van der Waals surface area (Å²) in [5, 5.41) is 11.7. The zero-order valence-corrected chi connectivity index (χ0v) is 13.5. The Morgan fingerprint density at radius 3 is 2.67 bits per heavy atom. The average Bonchev–Trinajstić information content (AvgIpc) is 2.84. The SMILES string of the molecule is Cc1ccc(NC(=O)/C=C/c2ccc(Br)s2)c(C(=O)O)c1. The number of aromatic carboxylic acids is 1. The van der Waals surface area contributed by atoms with Gasteiger partial charge >= 0.3 is 5.97 Å². The lowest BCUT2D eigenvalue weighted by Gasteiger charge is -2.07. The Kier molecular flexibility index (Phi) is 4.93. The summed E-state index contributed by atoms with van der Waals surface area (Å²) in [4.78, 5) is 23.9. The molecule has 1 heterocycles. The second-order valence-corrected chi connectivity index (χ2v) is 6.81. The van der Waals surface area contributed by atoms with Gasteiger partial charge in [-0.15, -0.1) is 11.3 Å². The standard InChI is InChI=1S/C15H12BrNO3S/c1-9-2-5-12(11(8-9)15(19)20)17-14(18)7-4-10-3-6-13(16)21-10/h2-8H,1H3,(H,17,18)(H,19,20)/b7-4+. The second kappa shape index (κ2) is 6.69. The molecule has 108 valence electrons. The summed E-state index contributed by atoms with van der Waals surface area (Å²) in [5.41, 5.74) is 1.19. The van der Waals surface area contributed by atoms with Crippen molar-refractivity contribution in [2.24, 2.45) is 0 Å². The molecule has 0 bridgehead atoms. The lowest BCUT2D eigenvalue weighted by Crippen LogP contribution is -2.12. The molecule has 0 saturated carbocycles. The number of thiophene rings is 1. The number of aryl methyl sites for hydroxylation is 1. The van der Waals surface area contributed by atoms with Gasteiger partial charge in [0.25, 0.3) is 0 Å². The minimum absolute atomic E-state index is 0.0793. The molecule has 0 saturated heterocycles. The minimum atomic E-state index is -1.07. The molecule has 1 aromatic heterocycles. The number of rotatable bonds is 4. The maximum Gasteiger partial charge on any atom is 0.337 e. The van der Waals surface area contributed by atoms with Crippen molar-refractivity contribution < 1.29 is 14.7 Å². The first-order chi connectivity index (χ1) is 9.95. The van der Waals surface area contributed by atoms with Crippen molar-refractivity contribution in [2.75, 3.05) is 5.32 Å². The number of carboxylic acid groups (broad SMARTS) is 1. The molecule has 0 aliphatic carbocycles. The molecule has 2 rings (SSSR count). The third kappa shape index (κ3) is 4.27. The maximum absolute atomic E-state index is 11.9. The first kappa shape index (κ1) is 15.5. The number of nitrogens with one attached hydrogen (secondary N) is 1. The molecule has 2 N–H and O–H groups in total. The third-order valence-electron chi connectivity index (χ3n) is 2.66. The fourth-order valence-electron chi connectivity index (χ4n) is 1.69. The van der Waals surface area contributed by atoms with Gasteiger partial charge in [-0.25, -0.2) is 4.79 Å². The summed E-state index contributed by atoms with van der Waals surface area (Å²) in [6.07, 6.45) is 3.06. The highest BCUT2D eigenvalue weighted by atomic mass is 79.9. The van der Waals surface area contributed by atoms with Crippen LogP contribution >= 0.6 is 27.3 Å². The van der Waals surface area contributed by atoms with Crippen molar-refractivity contribution in [3.05, 3.63) is 56.2 Å². The summed E-state index contributed by atoms with van der Waals surface area (Å²) in [6, 6.07) is 8.64.